The second kappa shape index (κ2) is 4.74. The summed E-state index contributed by atoms with van der Waals surface area (Å²) in [4.78, 5) is 24.7. The molecule has 2 N–H and O–H groups in total. The number of carbonyl (C=O) groups is 2. The van der Waals surface area contributed by atoms with Crippen LogP contribution in [-0.4, -0.2) is 22.3 Å². The first kappa shape index (κ1) is 11.4. The third-order valence-electron chi connectivity index (χ3n) is 1.43. The fourth-order valence-corrected chi connectivity index (χ4v) is 0.994. The number of aryl methyl sites for hydroxylation is 1. The van der Waals surface area contributed by atoms with E-state index in [0.717, 1.165) is 10.0 Å². The Bertz CT molecular complexity index is 408. The van der Waals surface area contributed by atoms with Crippen LogP contribution in [0.1, 0.15) is 5.56 Å². The molecule has 1 aromatic heterocycles. The quantitative estimate of drug-likeness (QED) is 0.817. The number of nitrogens with one attached hydrogen (secondary N) is 1. The number of halogens is 1. The number of imide groups is 1. The Kier molecular flexibility index (Phi) is 3.62. The summed E-state index contributed by atoms with van der Waals surface area (Å²) >= 11 is 3.22. The van der Waals surface area contributed by atoms with Gasteiger partial charge in [-0.3, -0.25) is 0 Å². The molecule has 0 atom stereocenters. The number of hydrogen-bond acceptors (Lipinski definition) is 4. The number of aromatic nitrogens is 1. The molecule has 1 rings (SSSR count). The van der Waals surface area contributed by atoms with E-state index in [2.05, 4.69) is 25.7 Å². The molecule has 0 saturated carbocycles. The van der Waals surface area contributed by atoms with Crippen molar-refractivity contribution in [3.63, 3.8) is 0 Å². The monoisotopic (exact) mass is 274 g/mol. The van der Waals surface area contributed by atoms with Gasteiger partial charge >= 0.3 is 12.2 Å². The molecule has 0 aromatic carbocycles. The van der Waals surface area contributed by atoms with Gasteiger partial charge in [-0.25, -0.2) is 19.9 Å². The highest BCUT2D eigenvalue weighted by Crippen LogP contribution is 2.18. The molecule has 0 unspecified atom stereocenters. The van der Waals surface area contributed by atoms with Crippen molar-refractivity contribution < 1.29 is 19.4 Å². The molecule has 0 radical (unpaired) electrons. The topological polar surface area (TPSA) is 88.5 Å². The number of rotatable bonds is 1. The summed E-state index contributed by atoms with van der Waals surface area (Å²) in [5, 5.41) is 9.75. The van der Waals surface area contributed by atoms with Gasteiger partial charge in [0, 0.05) is 16.7 Å². The Hall–Kier alpha value is -1.63. The van der Waals surface area contributed by atoms with Crippen LogP contribution in [0.2, 0.25) is 0 Å². The lowest BCUT2D eigenvalue weighted by molar-refractivity contribution is 0.176. The maximum absolute atomic E-state index is 10.9. The van der Waals surface area contributed by atoms with Crippen molar-refractivity contribution in [2.75, 3.05) is 0 Å². The fraction of sp³-hybridized carbons (Fsp3) is 0.125. The molecule has 80 valence electrons. The minimum Gasteiger partial charge on any atom is -0.465 e. The first-order chi connectivity index (χ1) is 6.99. The molecule has 0 spiro atoms. The van der Waals surface area contributed by atoms with Crippen LogP contribution < -0.4 is 10.1 Å². The molecule has 7 heteroatoms. The van der Waals surface area contributed by atoms with E-state index in [1.807, 2.05) is 0 Å². The lowest BCUT2D eigenvalue weighted by atomic mass is 10.3. The molecular weight excluding hydrogens is 268 g/mol. The van der Waals surface area contributed by atoms with Crippen LogP contribution in [0.5, 0.6) is 5.88 Å². The Morgan fingerprint density at radius 1 is 1.60 bits per heavy atom. The molecule has 0 saturated heterocycles. The predicted octanol–water partition coefficient (Wildman–Crippen LogP) is 1.92. The van der Waals surface area contributed by atoms with E-state index in [4.69, 9.17) is 5.11 Å². The second-order valence-electron chi connectivity index (χ2n) is 2.59. The van der Waals surface area contributed by atoms with E-state index >= 15 is 0 Å². The summed E-state index contributed by atoms with van der Waals surface area (Å²) in [6.07, 6.45) is -1.11. The van der Waals surface area contributed by atoms with Gasteiger partial charge in [0.2, 0.25) is 5.88 Å². The van der Waals surface area contributed by atoms with E-state index in [1.165, 1.54) is 17.6 Å². The Morgan fingerprint density at radius 2 is 2.27 bits per heavy atom. The van der Waals surface area contributed by atoms with Crippen LogP contribution in [0.3, 0.4) is 0 Å². The first-order valence-electron chi connectivity index (χ1n) is 3.83. The minimum absolute atomic E-state index is 0.0365. The third-order valence-corrected chi connectivity index (χ3v) is 2.26. The zero-order valence-corrected chi connectivity index (χ0v) is 9.24. The summed E-state index contributed by atoms with van der Waals surface area (Å²) in [6.45, 7) is 1.79. The number of pyridine rings is 1. The molecule has 0 aliphatic carbocycles. The lowest BCUT2D eigenvalue weighted by Crippen LogP contribution is -2.31. The minimum atomic E-state index is -1.48. The number of carbonyl (C=O) groups excluding carboxylic acids is 1. The van der Waals surface area contributed by atoms with Gasteiger partial charge in [0.15, 0.2) is 0 Å². The third kappa shape index (κ3) is 3.55. The molecular formula is C8H7BrN2O4. The molecule has 0 bridgehead atoms. The van der Waals surface area contributed by atoms with Gasteiger partial charge in [0.05, 0.1) is 0 Å². The van der Waals surface area contributed by atoms with Crippen molar-refractivity contribution in [1.29, 1.82) is 0 Å². The van der Waals surface area contributed by atoms with E-state index in [9.17, 15) is 9.59 Å². The smallest absolute Gasteiger partial charge is 0.423 e. The highest BCUT2D eigenvalue weighted by Gasteiger charge is 2.09. The van der Waals surface area contributed by atoms with E-state index in [-0.39, 0.29) is 5.88 Å². The van der Waals surface area contributed by atoms with Gasteiger partial charge in [0.25, 0.3) is 0 Å². The van der Waals surface area contributed by atoms with Gasteiger partial charge in [-0.05, 0) is 28.4 Å². The van der Waals surface area contributed by atoms with Gasteiger partial charge in [-0.2, -0.15) is 0 Å². The highest BCUT2D eigenvalue weighted by atomic mass is 79.9. The van der Waals surface area contributed by atoms with Gasteiger partial charge in [-0.15, -0.1) is 0 Å². The van der Waals surface area contributed by atoms with Crippen LogP contribution in [-0.2, 0) is 0 Å². The number of nitrogens with zero attached hydrogens (tertiary/aromatic N) is 1. The molecule has 2 amide bonds. The zero-order valence-electron chi connectivity index (χ0n) is 7.65. The maximum atomic E-state index is 10.9. The van der Waals surface area contributed by atoms with Crippen LogP contribution in [0.4, 0.5) is 9.59 Å². The van der Waals surface area contributed by atoms with E-state index in [0.29, 0.717) is 0 Å². The van der Waals surface area contributed by atoms with E-state index in [1.54, 1.807) is 6.92 Å². The van der Waals surface area contributed by atoms with Gasteiger partial charge in [0.1, 0.15) is 0 Å². The van der Waals surface area contributed by atoms with Crippen molar-refractivity contribution in [3.05, 3.63) is 22.3 Å². The summed E-state index contributed by atoms with van der Waals surface area (Å²) < 4.78 is 5.37. The van der Waals surface area contributed by atoms with Crippen molar-refractivity contribution in [1.82, 2.24) is 10.3 Å². The normalized spacial score (nSPS) is 9.47. The Morgan fingerprint density at radius 3 is 2.80 bits per heavy atom. The van der Waals surface area contributed by atoms with E-state index < -0.39 is 12.2 Å². The molecule has 1 aromatic rings. The zero-order chi connectivity index (χ0) is 11.4. The molecule has 0 aliphatic rings. The van der Waals surface area contributed by atoms with Crippen LogP contribution in [0.25, 0.3) is 0 Å². The maximum Gasteiger partial charge on any atom is 0.423 e. The number of amides is 2. The van der Waals surface area contributed by atoms with Gasteiger partial charge in [-0.1, -0.05) is 0 Å². The molecule has 0 fully saturated rings. The summed E-state index contributed by atoms with van der Waals surface area (Å²) in [5.41, 5.74) is 0.822. The second-order valence-corrected chi connectivity index (χ2v) is 3.45. The lowest BCUT2D eigenvalue weighted by Gasteiger charge is -2.03. The molecule has 0 aliphatic heterocycles. The Labute approximate surface area is 93.4 Å². The SMILES string of the molecule is Cc1cc(OC(=O)NC(=O)O)ncc1Br. The molecule has 15 heavy (non-hydrogen) atoms. The Balaban J connectivity index is 2.69. The van der Waals surface area contributed by atoms with Crippen molar-refractivity contribution >= 4 is 28.1 Å². The molecule has 6 nitrogen and oxygen atoms in total. The predicted molar refractivity (Wildman–Crippen MR) is 53.9 cm³/mol. The first-order valence-corrected chi connectivity index (χ1v) is 4.62. The summed E-state index contributed by atoms with van der Waals surface area (Å²) in [5.74, 6) is 0.0365. The molecule has 1 heterocycles. The highest BCUT2D eigenvalue weighted by molar-refractivity contribution is 9.10. The van der Waals surface area contributed by atoms with Crippen LogP contribution >= 0.6 is 15.9 Å². The largest absolute Gasteiger partial charge is 0.465 e. The van der Waals surface area contributed by atoms with Gasteiger partial charge < -0.3 is 9.84 Å². The fourth-order valence-electron chi connectivity index (χ4n) is 0.777. The standard InChI is InChI=1S/C8H7BrN2O4/c1-4-2-6(10-3-5(4)9)15-8(14)11-7(12)13/h2-3H,1H3,(H,11,14)(H,12,13). The number of hydrogen-bond donors (Lipinski definition) is 2. The van der Waals surface area contributed by atoms with Crippen molar-refractivity contribution in [2.24, 2.45) is 0 Å². The number of ether oxygens (including phenoxy) is 1. The van der Waals surface area contributed by atoms with Crippen LogP contribution in [0.15, 0.2) is 16.7 Å². The van der Waals surface area contributed by atoms with Crippen molar-refractivity contribution in [3.8, 4) is 5.88 Å². The number of carboxylic acid groups (broad SMARTS) is 1. The summed E-state index contributed by atoms with van der Waals surface area (Å²) in [6, 6.07) is 1.51. The average Bonchev–Trinajstić information content (AvgIpc) is 2.10. The average molecular weight is 275 g/mol. The summed E-state index contributed by atoms with van der Waals surface area (Å²) in [7, 11) is 0. The van der Waals surface area contributed by atoms with Crippen LogP contribution in [0, 0.1) is 6.92 Å². The van der Waals surface area contributed by atoms with Crippen molar-refractivity contribution in [2.45, 2.75) is 6.92 Å².